The van der Waals surface area contributed by atoms with Crippen molar-refractivity contribution in [2.45, 2.75) is 33.4 Å². The van der Waals surface area contributed by atoms with Crippen LogP contribution in [0.15, 0.2) is 18.2 Å². The lowest BCUT2D eigenvalue weighted by Crippen LogP contribution is -2.33. The molecule has 82 valence electrons. The van der Waals surface area contributed by atoms with Crippen molar-refractivity contribution in [3.63, 3.8) is 0 Å². The van der Waals surface area contributed by atoms with Crippen LogP contribution >= 0.6 is 0 Å². The van der Waals surface area contributed by atoms with E-state index in [1.54, 1.807) is 6.92 Å². The van der Waals surface area contributed by atoms with Gasteiger partial charge in [-0.1, -0.05) is 29.3 Å². The first kappa shape index (κ1) is 11.7. The topological polar surface area (TPSA) is 49.3 Å². The lowest BCUT2D eigenvalue weighted by Gasteiger charge is -2.10. The Balaban J connectivity index is 2.61. The zero-order valence-electron chi connectivity index (χ0n) is 9.37. The van der Waals surface area contributed by atoms with Crippen molar-refractivity contribution in [1.29, 1.82) is 0 Å². The summed E-state index contributed by atoms with van der Waals surface area (Å²) in [4.78, 5) is 10.6. The summed E-state index contributed by atoms with van der Waals surface area (Å²) in [5, 5.41) is 11.7. The minimum atomic E-state index is -0.820. The lowest BCUT2D eigenvalue weighted by atomic mass is 10.1. The van der Waals surface area contributed by atoms with Gasteiger partial charge in [-0.15, -0.1) is 0 Å². The predicted molar refractivity (Wildman–Crippen MR) is 59.9 cm³/mol. The summed E-state index contributed by atoms with van der Waals surface area (Å²) < 4.78 is 0. The second-order valence-corrected chi connectivity index (χ2v) is 3.94. The third kappa shape index (κ3) is 3.72. The molecule has 1 atom stereocenters. The Kier molecular flexibility index (Phi) is 3.86. The standard InChI is InChI=1S/C12H17NO2/c1-8-4-9(2)6-11(5-8)7-13-10(3)12(14)15/h4-6,10,13H,7H2,1-3H3,(H,14,15). The van der Waals surface area contributed by atoms with Crippen LogP contribution in [0.5, 0.6) is 0 Å². The molecule has 15 heavy (non-hydrogen) atoms. The number of nitrogens with one attached hydrogen (secondary N) is 1. The third-order valence-corrected chi connectivity index (χ3v) is 2.26. The molecule has 0 heterocycles. The molecule has 3 nitrogen and oxygen atoms in total. The number of hydrogen-bond donors (Lipinski definition) is 2. The Bertz CT molecular complexity index is 340. The molecule has 0 bridgehead atoms. The van der Waals surface area contributed by atoms with Gasteiger partial charge in [-0.05, 0) is 26.3 Å². The second-order valence-electron chi connectivity index (χ2n) is 3.94. The van der Waals surface area contributed by atoms with Gasteiger partial charge < -0.3 is 10.4 Å². The molecule has 0 aliphatic rings. The summed E-state index contributed by atoms with van der Waals surface area (Å²) in [5.41, 5.74) is 3.53. The molecule has 0 aliphatic heterocycles. The zero-order valence-corrected chi connectivity index (χ0v) is 9.37. The maximum atomic E-state index is 10.6. The number of hydrogen-bond acceptors (Lipinski definition) is 2. The van der Waals surface area contributed by atoms with E-state index >= 15 is 0 Å². The van der Waals surface area contributed by atoms with Crippen molar-refractivity contribution in [3.8, 4) is 0 Å². The van der Waals surface area contributed by atoms with Crippen LogP contribution < -0.4 is 5.32 Å². The lowest BCUT2D eigenvalue weighted by molar-refractivity contribution is -0.139. The smallest absolute Gasteiger partial charge is 0.320 e. The Hall–Kier alpha value is -1.35. The largest absolute Gasteiger partial charge is 0.480 e. The molecule has 0 radical (unpaired) electrons. The van der Waals surface area contributed by atoms with Gasteiger partial charge >= 0.3 is 5.97 Å². The monoisotopic (exact) mass is 207 g/mol. The fraction of sp³-hybridized carbons (Fsp3) is 0.417. The highest BCUT2D eigenvalue weighted by Crippen LogP contribution is 2.08. The van der Waals surface area contributed by atoms with E-state index in [0.717, 1.165) is 5.56 Å². The van der Waals surface area contributed by atoms with Gasteiger partial charge in [0.2, 0.25) is 0 Å². The minimum absolute atomic E-state index is 0.509. The molecule has 0 aromatic heterocycles. The van der Waals surface area contributed by atoms with Gasteiger partial charge in [0.1, 0.15) is 6.04 Å². The molecule has 3 heteroatoms. The molecule has 0 fully saturated rings. The molecule has 0 saturated heterocycles. The Morgan fingerprint density at radius 3 is 2.33 bits per heavy atom. The van der Waals surface area contributed by atoms with Crippen molar-refractivity contribution >= 4 is 5.97 Å². The van der Waals surface area contributed by atoms with E-state index in [4.69, 9.17) is 5.11 Å². The number of carboxylic acid groups (broad SMARTS) is 1. The highest BCUT2D eigenvalue weighted by atomic mass is 16.4. The van der Waals surface area contributed by atoms with Crippen LogP contribution in [0.1, 0.15) is 23.6 Å². The molecule has 0 saturated carbocycles. The molecular weight excluding hydrogens is 190 g/mol. The van der Waals surface area contributed by atoms with Gasteiger partial charge in [-0.25, -0.2) is 0 Å². The van der Waals surface area contributed by atoms with E-state index in [0.29, 0.717) is 6.54 Å². The molecule has 0 spiro atoms. The van der Waals surface area contributed by atoms with E-state index in [-0.39, 0.29) is 0 Å². The van der Waals surface area contributed by atoms with Crippen LogP contribution in [0.3, 0.4) is 0 Å². The van der Waals surface area contributed by atoms with Crippen LogP contribution in [0.2, 0.25) is 0 Å². The van der Waals surface area contributed by atoms with Crippen molar-refractivity contribution < 1.29 is 9.90 Å². The average Bonchev–Trinajstić information content (AvgIpc) is 2.12. The van der Waals surface area contributed by atoms with Gasteiger partial charge in [-0.3, -0.25) is 4.79 Å². The van der Waals surface area contributed by atoms with Gasteiger partial charge in [0.25, 0.3) is 0 Å². The molecule has 1 aromatic carbocycles. The summed E-state index contributed by atoms with van der Waals surface area (Å²) in [7, 11) is 0. The van der Waals surface area contributed by atoms with Crippen LogP contribution in [-0.4, -0.2) is 17.1 Å². The van der Waals surface area contributed by atoms with E-state index in [9.17, 15) is 4.79 Å². The third-order valence-electron chi connectivity index (χ3n) is 2.26. The Morgan fingerprint density at radius 1 is 1.33 bits per heavy atom. The van der Waals surface area contributed by atoms with Crippen LogP contribution in [0.25, 0.3) is 0 Å². The van der Waals surface area contributed by atoms with Gasteiger partial charge in [0, 0.05) is 6.54 Å². The number of aryl methyl sites for hydroxylation is 2. The Morgan fingerprint density at radius 2 is 1.87 bits per heavy atom. The van der Waals surface area contributed by atoms with Gasteiger partial charge in [0.15, 0.2) is 0 Å². The molecule has 0 amide bonds. The van der Waals surface area contributed by atoms with Crippen LogP contribution in [0.4, 0.5) is 0 Å². The minimum Gasteiger partial charge on any atom is -0.480 e. The highest BCUT2D eigenvalue weighted by molar-refractivity contribution is 5.72. The summed E-state index contributed by atoms with van der Waals surface area (Å²) in [5.74, 6) is -0.820. The number of benzene rings is 1. The number of carboxylic acids is 1. The van der Waals surface area contributed by atoms with Crippen molar-refractivity contribution in [2.24, 2.45) is 0 Å². The quantitative estimate of drug-likeness (QED) is 0.792. The van der Waals surface area contributed by atoms with Gasteiger partial charge in [0.05, 0.1) is 0 Å². The van der Waals surface area contributed by atoms with E-state index in [1.165, 1.54) is 11.1 Å². The molecule has 2 N–H and O–H groups in total. The zero-order chi connectivity index (χ0) is 11.4. The van der Waals surface area contributed by atoms with E-state index < -0.39 is 12.0 Å². The highest BCUT2D eigenvalue weighted by Gasteiger charge is 2.09. The molecule has 1 rings (SSSR count). The Labute approximate surface area is 90.1 Å². The molecule has 0 aliphatic carbocycles. The van der Waals surface area contributed by atoms with E-state index in [1.807, 2.05) is 13.8 Å². The number of aliphatic carboxylic acids is 1. The molecule has 1 aromatic rings. The normalized spacial score (nSPS) is 12.5. The van der Waals surface area contributed by atoms with Gasteiger partial charge in [-0.2, -0.15) is 0 Å². The van der Waals surface area contributed by atoms with Crippen LogP contribution in [0, 0.1) is 13.8 Å². The van der Waals surface area contributed by atoms with Crippen molar-refractivity contribution in [2.75, 3.05) is 0 Å². The maximum Gasteiger partial charge on any atom is 0.320 e. The first-order chi connectivity index (χ1) is 6.99. The molecule has 1 unspecified atom stereocenters. The average molecular weight is 207 g/mol. The second kappa shape index (κ2) is 4.94. The number of carbonyl (C=O) groups is 1. The SMILES string of the molecule is Cc1cc(C)cc(CNC(C)C(=O)O)c1. The van der Waals surface area contributed by atoms with Crippen molar-refractivity contribution in [1.82, 2.24) is 5.32 Å². The summed E-state index contributed by atoms with van der Waals surface area (Å²) in [6.07, 6.45) is 0. The summed E-state index contributed by atoms with van der Waals surface area (Å²) >= 11 is 0. The number of rotatable bonds is 4. The molecular formula is C12H17NO2. The summed E-state index contributed by atoms with van der Waals surface area (Å²) in [6.45, 7) is 6.31. The first-order valence-corrected chi connectivity index (χ1v) is 5.02. The summed E-state index contributed by atoms with van der Waals surface area (Å²) in [6, 6.07) is 5.72. The van der Waals surface area contributed by atoms with Crippen LogP contribution in [-0.2, 0) is 11.3 Å². The fourth-order valence-electron chi connectivity index (χ4n) is 1.53. The predicted octanol–water partition coefficient (Wildman–Crippen LogP) is 1.87. The first-order valence-electron chi connectivity index (χ1n) is 5.02. The van der Waals surface area contributed by atoms with E-state index in [2.05, 4.69) is 23.5 Å². The fourth-order valence-corrected chi connectivity index (χ4v) is 1.53. The maximum absolute atomic E-state index is 10.6. The van der Waals surface area contributed by atoms with Crippen molar-refractivity contribution in [3.05, 3.63) is 34.9 Å².